The second kappa shape index (κ2) is 6.87. The number of primary amides is 1. The number of hydrogen-bond acceptors (Lipinski definition) is 10. The number of rotatable bonds is 2. The van der Waals surface area contributed by atoms with Crippen molar-refractivity contribution in [3.8, 4) is 5.75 Å². The van der Waals surface area contributed by atoms with Crippen LogP contribution in [-0.2, 0) is 20.0 Å². The van der Waals surface area contributed by atoms with Gasteiger partial charge in [-0.3, -0.25) is 19.3 Å². The van der Waals surface area contributed by atoms with Gasteiger partial charge in [0.2, 0.25) is 5.78 Å². The fourth-order valence-corrected chi connectivity index (χ4v) is 5.60. The van der Waals surface area contributed by atoms with Crippen molar-refractivity contribution in [1.29, 1.82) is 0 Å². The van der Waals surface area contributed by atoms with Crippen molar-refractivity contribution in [2.24, 2.45) is 17.6 Å². The number of Topliss-reactive ketones (excluding diaryl/α,β-unsaturated/α-hetero) is 2. The monoisotopic (exact) mass is 460 g/mol. The number of benzene rings is 1. The summed E-state index contributed by atoms with van der Waals surface area (Å²) in [7, 11) is 2.80. The maximum Gasteiger partial charge on any atom is 0.255 e. The lowest BCUT2D eigenvalue weighted by molar-refractivity contribution is -0.181. The Kier molecular flexibility index (Phi) is 4.78. The molecule has 0 radical (unpaired) electrons. The van der Waals surface area contributed by atoms with Crippen LogP contribution in [-0.4, -0.2) is 84.9 Å². The van der Waals surface area contributed by atoms with Crippen molar-refractivity contribution in [1.82, 2.24) is 4.90 Å². The van der Waals surface area contributed by atoms with Crippen LogP contribution in [0, 0.1) is 11.8 Å². The summed E-state index contributed by atoms with van der Waals surface area (Å²) < 4.78 is 0. The molecule has 1 fully saturated rings. The van der Waals surface area contributed by atoms with Gasteiger partial charge >= 0.3 is 0 Å². The Balaban J connectivity index is 2.11. The van der Waals surface area contributed by atoms with Crippen molar-refractivity contribution in [3.05, 3.63) is 46.2 Å². The number of aliphatic hydroxyl groups excluding tert-OH is 3. The first kappa shape index (κ1) is 22.9. The van der Waals surface area contributed by atoms with Crippen molar-refractivity contribution < 1.29 is 45.0 Å². The van der Waals surface area contributed by atoms with Crippen LogP contribution >= 0.6 is 0 Å². The van der Waals surface area contributed by atoms with E-state index >= 15 is 0 Å². The van der Waals surface area contributed by atoms with Gasteiger partial charge < -0.3 is 36.4 Å². The Labute approximate surface area is 187 Å². The molecule has 11 heteroatoms. The molecule has 0 saturated heterocycles. The number of likely N-dealkylation sites (N-methyl/N-ethyl adjacent to an activating group) is 1. The largest absolute Gasteiger partial charge is 0.508 e. The molecule has 6 atom stereocenters. The third kappa shape index (κ3) is 2.61. The Morgan fingerprint density at radius 3 is 2.27 bits per heavy atom. The van der Waals surface area contributed by atoms with Crippen LogP contribution in [0.5, 0.6) is 5.75 Å². The smallest absolute Gasteiger partial charge is 0.255 e. The highest BCUT2D eigenvalue weighted by Crippen LogP contribution is 2.57. The lowest BCUT2D eigenvalue weighted by Crippen LogP contribution is -2.71. The third-order valence-corrected chi connectivity index (χ3v) is 7.03. The average Bonchev–Trinajstić information content (AvgIpc) is 2.70. The molecule has 3 aliphatic carbocycles. The first-order chi connectivity index (χ1) is 15.2. The summed E-state index contributed by atoms with van der Waals surface area (Å²) in [5.41, 5.74) is -1.78. The minimum Gasteiger partial charge on any atom is -0.508 e. The zero-order chi connectivity index (χ0) is 24.8. The number of phenolic OH excluding ortho intramolecular Hbond substituents is 1. The van der Waals surface area contributed by atoms with E-state index in [0.29, 0.717) is 0 Å². The summed E-state index contributed by atoms with van der Waals surface area (Å²) in [5.74, 6) is -9.67. The highest BCUT2D eigenvalue weighted by Gasteiger charge is 2.70. The highest BCUT2D eigenvalue weighted by atomic mass is 16.4. The number of ketones is 2. The fraction of sp³-hybridized carbons (Fsp3) is 0.409. The molecule has 8 N–H and O–H groups in total. The van der Waals surface area contributed by atoms with Gasteiger partial charge in [0, 0.05) is 0 Å². The van der Waals surface area contributed by atoms with Gasteiger partial charge in [-0.2, -0.15) is 0 Å². The molecule has 1 saturated carbocycles. The van der Waals surface area contributed by atoms with E-state index in [4.69, 9.17) is 5.73 Å². The SMILES string of the molecule is CN(C)[C@H]1C(=O)C(C(N)=O)=C(O)C2(O)C(=O)C3=C(O)c4c(O)cccc4[C@@](C)(O)C3C(O)C12. The van der Waals surface area contributed by atoms with Crippen LogP contribution < -0.4 is 5.73 Å². The number of carbonyl (C=O) groups is 3. The van der Waals surface area contributed by atoms with E-state index in [9.17, 15) is 45.0 Å². The number of nitrogens with two attached hydrogens (primary N) is 1. The molecule has 1 aromatic carbocycles. The van der Waals surface area contributed by atoms with E-state index < -0.39 is 81.1 Å². The number of amides is 1. The Morgan fingerprint density at radius 2 is 1.73 bits per heavy atom. The van der Waals surface area contributed by atoms with Gasteiger partial charge in [0.25, 0.3) is 5.91 Å². The summed E-state index contributed by atoms with van der Waals surface area (Å²) >= 11 is 0. The van der Waals surface area contributed by atoms with E-state index in [2.05, 4.69) is 0 Å². The third-order valence-electron chi connectivity index (χ3n) is 7.03. The van der Waals surface area contributed by atoms with Crippen LogP contribution in [0.25, 0.3) is 5.76 Å². The summed E-state index contributed by atoms with van der Waals surface area (Å²) in [6, 6.07) is 2.50. The minimum atomic E-state index is -3.02. The molecule has 0 spiro atoms. The van der Waals surface area contributed by atoms with Gasteiger partial charge in [-0.1, -0.05) is 12.1 Å². The van der Waals surface area contributed by atoms with Gasteiger partial charge in [0.05, 0.1) is 40.7 Å². The van der Waals surface area contributed by atoms with Gasteiger partial charge in [-0.05, 0) is 32.6 Å². The summed E-state index contributed by atoms with van der Waals surface area (Å²) in [6.07, 6.45) is -1.87. The zero-order valence-electron chi connectivity index (χ0n) is 18.0. The predicted octanol–water partition coefficient (Wildman–Crippen LogP) is -1.40. The van der Waals surface area contributed by atoms with E-state index in [1.54, 1.807) is 0 Å². The quantitative estimate of drug-likeness (QED) is 0.257. The Morgan fingerprint density at radius 1 is 1.12 bits per heavy atom. The van der Waals surface area contributed by atoms with E-state index in [1.165, 1.54) is 44.1 Å². The fourth-order valence-electron chi connectivity index (χ4n) is 5.60. The maximum atomic E-state index is 13.7. The maximum absolute atomic E-state index is 13.7. The molecule has 4 rings (SSSR count). The van der Waals surface area contributed by atoms with Crippen LogP contribution in [0.4, 0.5) is 0 Å². The van der Waals surface area contributed by atoms with Gasteiger partial charge in [-0.15, -0.1) is 0 Å². The summed E-state index contributed by atoms with van der Waals surface area (Å²) in [4.78, 5) is 39.9. The molecule has 0 aliphatic heterocycles. The second-order valence-electron chi connectivity index (χ2n) is 9.06. The first-order valence-electron chi connectivity index (χ1n) is 10.1. The second-order valence-corrected chi connectivity index (χ2v) is 9.06. The van der Waals surface area contributed by atoms with E-state index in [-0.39, 0.29) is 11.1 Å². The Hall–Kier alpha value is -3.25. The standard InChI is InChI=1S/C22H24N2O9/c1-21(32)7-5-4-6-8(25)9(7)15(26)10-12(21)17(28)13-14(24(2)3)16(27)11(20(23)31)19(30)22(13,33)18(10)29/h4-6,12-14,17,25-26,28,30,32-33H,1-3H3,(H2,23,31)/t12?,13?,14-,17?,21-,22?/m1/s1. The highest BCUT2D eigenvalue weighted by molar-refractivity contribution is 6.24. The summed E-state index contributed by atoms with van der Waals surface area (Å²) in [6.45, 7) is 1.25. The zero-order valence-corrected chi connectivity index (χ0v) is 18.0. The van der Waals surface area contributed by atoms with Crippen LogP contribution in [0.15, 0.2) is 35.1 Å². The van der Waals surface area contributed by atoms with Crippen LogP contribution in [0.3, 0.4) is 0 Å². The molecule has 33 heavy (non-hydrogen) atoms. The van der Waals surface area contributed by atoms with Crippen molar-refractivity contribution in [2.75, 3.05) is 14.1 Å². The van der Waals surface area contributed by atoms with E-state index in [1.807, 2.05) is 0 Å². The molecule has 0 heterocycles. The summed E-state index contributed by atoms with van der Waals surface area (Å²) in [5, 5.41) is 66.3. The topological polar surface area (TPSA) is 202 Å². The number of carbonyl (C=O) groups excluding carboxylic acids is 3. The molecular weight excluding hydrogens is 436 g/mol. The van der Waals surface area contributed by atoms with Crippen molar-refractivity contribution >= 4 is 23.2 Å². The number of nitrogens with zero attached hydrogens (tertiary/aromatic N) is 1. The number of fused-ring (bicyclic) bond motifs is 3. The molecular formula is C22H24N2O9. The molecule has 0 aromatic heterocycles. The molecule has 4 unspecified atom stereocenters. The first-order valence-corrected chi connectivity index (χ1v) is 10.1. The molecule has 176 valence electrons. The molecule has 3 aliphatic rings. The van der Waals surface area contributed by atoms with E-state index in [0.717, 1.165) is 0 Å². The number of aliphatic hydroxyl groups is 5. The number of aromatic hydroxyl groups is 1. The van der Waals surface area contributed by atoms with Gasteiger partial charge in [0.15, 0.2) is 11.4 Å². The van der Waals surface area contributed by atoms with Crippen molar-refractivity contribution in [3.63, 3.8) is 0 Å². The van der Waals surface area contributed by atoms with Crippen LogP contribution in [0.2, 0.25) is 0 Å². The molecule has 1 amide bonds. The predicted molar refractivity (Wildman–Crippen MR) is 112 cm³/mol. The number of hydrogen-bond donors (Lipinski definition) is 7. The molecule has 11 nitrogen and oxygen atoms in total. The lowest BCUT2D eigenvalue weighted by Gasteiger charge is -2.55. The minimum absolute atomic E-state index is 0.00664. The normalized spacial score (nSPS) is 36.0. The Bertz CT molecular complexity index is 1180. The van der Waals surface area contributed by atoms with Crippen molar-refractivity contribution in [2.45, 2.75) is 30.3 Å². The average molecular weight is 460 g/mol. The van der Waals surface area contributed by atoms with Gasteiger partial charge in [0.1, 0.15) is 22.8 Å². The number of phenols is 1. The molecule has 1 aromatic rings. The van der Waals surface area contributed by atoms with Crippen LogP contribution in [0.1, 0.15) is 18.1 Å². The molecule has 0 bridgehead atoms. The van der Waals surface area contributed by atoms with Gasteiger partial charge in [-0.25, -0.2) is 0 Å². The lowest BCUT2D eigenvalue weighted by atomic mass is 9.53.